The Hall–Kier alpha value is -1.57. The van der Waals surface area contributed by atoms with Gasteiger partial charge in [-0.1, -0.05) is 18.2 Å². The van der Waals surface area contributed by atoms with Gasteiger partial charge >= 0.3 is 0 Å². The molecule has 0 aliphatic carbocycles. The van der Waals surface area contributed by atoms with Crippen molar-refractivity contribution in [2.75, 3.05) is 37.6 Å². The number of carbonyl (C=O) groups excluding carboxylic acids is 1. The van der Waals surface area contributed by atoms with E-state index in [1.807, 2.05) is 4.90 Å². The normalized spacial score (nSPS) is 27.3. The monoisotopic (exact) mass is 427 g/mol. The number of nitrogens with one attached hydrogen (secondary N) is 1. The minimum absolute atomic E-state index is 0.163. The Balaban J connectivity index is 1.22. The summed E-state index contributed by atoms with van der Waals surface area (Å²) in [7, 11) is 0. The number of amidine groups is 1. The van der Waals surface area contributed by atoms with Crippen LogP contribution in [0.25, 0.3) is 0 Å². The fourth-order valence-corrected chi connectivity index (χ4v) is 6.68. The number of likely N-dealkylation sites (tertiary alicyclic amines) is 2. The third kappa shape index (κ3) is 3.65. The number of fused-ring (bicyclic) bond motifs is 2. The maximum absolute atomic E-state index is 12.1. The molecule has 30 heavy (non-hydrogen) atoms. The van der Waals surface area contributed by atoms with Crippen LogP contribution in [0.4, 0.5) is 5.69 Å². The van der Waals surface area contributed by atoms with Gasteiger partial charge in [-0.15, -0.1) is 0 Å². The molecular formula is C23H33N5OS. The van der Waals surface area contributed by atoms with Gasteiger partial charge in [0, 0.05) is 43.7 Å². The van der Waals surface area contributed by atoms with E-state index in [9.17, 15) is 4.79 Å². The van der Waals surface area contributed by atoms with Gasteiger partial charge in [-0.2, -0.15) is 0 Å². The minimum atomic E-state index is 0.163. The van der Waals surface area contributed by atoms with Crippen molar-refractivity contribution in [2.45, 2.75) is 63.6 Å². The topological polar surface area (TPSA) is 51.2 Å². The molecule has 6 nitrogen and oxygen atoms in total. The number of piperidine rings is 2. The highest BCUT2D eigenvalue weighted by molar-refractivity contribution is 8.12. The summed E-state index contributed by atoms with van der Waals surface area (Å²) in [5, 5.41) is 1.17. The van der Waals surface area contributed by atoms with Crippen molar-refractivity contribution in [1.29, 1.82) is 0 Å². The van der Waals surface area contributed by atoms with Gasteiger partial charge in [-0.25, -0.2) is 9.71 Å². The molecule has 4 aliphatic heterocycles. The number of para-hydroxylation sites is 1. The molecule has 1 atom stereocenters. The number of amides is 1. The molecule has 1 amide bonds. The number of benzene rings is 1. The molecule has 1 unspecified atom stereocenters. The summed E-state index contributed by atoms with van der Waals surface area (Å²) in [6.07, 6.45) is 6.21. The quantitative estimate of drug-likeness (QED) is 0.698. The van der Waals surface area contributed by atoms with E-state index in [1.165, 1.54) is 49.5 Å². The lowest BCUT2D eigenvalue weighted by Gasteiger charge is -2.50. The van der Waals surface area contributed by atoms with Crippen LogP contribution in [0.5, 0.6) is 0 Å². The van der Waals surface area contributed by atoms with Crippen molar-refractivity contribution in [3.05, 3.63) is 29.8 Å². The van der Waals surface area contributed by atoms with Crippen LogP contribution < -0.4 is 9.62 Å². The van der Waals surface area contributed by atoms with E-state index in [1.54, 1.807) is 18.9 Å². The number of anilines is 1. The zero-order valence-electron chi connectivity index (χ0n) is 18.1. The molecule has 0 radical (unpaired) electrons. The molecule has 1 aromatic carbocycles. The predicted octanol–water partition coefficient (Wildman–Crippen LogP) is 3.19. The van der Waals surface area contributed by atoms with Gasteiger partial charge in [0.15, 0.2) is 5.17 Å². The average molecular weight is 428 g/mol. The van der Waals surface area contributed by atoms with Crippen LogP contribution in [-0.4, -0.2) is 65.8 Å². The molecule has 4 heterocycles. The zero-order valence-corrected chi connectivity index (χ0v) is 19.0. The van der Waals surface area contributed by atoms with Crippen LogP contribution in [0.1, 0.15) is 51.5 Å². The van der Waals surface area contributed by atoms with Crippen LogP contribution in [0.2, 0.25) is 0 Å². The molecule has 1 N–H and O–H groups in total. The van der Waals surface area contributed by atoms with Crippen LogP contribution >= 0.6 is 11.9 Å². The summed E-state index contributed by atoms with van der Waals surface area (Å²) < 4.78 is 3.33. The van der Waals surface area contributed by atoms with E-state index in [2.05, 4.69) is 45.7 Å². The molecule has 7 heteroatoms. The first-order valence-corrected chi connectivity index (χ1v) is 12.2. The Labute approximate surface area is 184 Å². The second-order valence-corrected chi connectivity index (χ2v) is 10.1. The zero-order chi connectivity index (χ0) is 20.7. The average Bonchev–Trinajstić information content (AvgIpc) is 3.21. The summed E-state index contributed by atoms with van der Waals surface area (Å²) >= 11 is 1.69. The van der Waals surface area contributed by atoms with Crippen molar-refractivity contribution in [3.63, 3.8) is 0 Å². The Morgan fingerprint density at radius 1 is 1.10 bits per heavy atom. The summed E-state index contributed by atoms with van der Waals surface area (Å²) in [4.78, 5) is 24.0. The Bertz CT molecular complexity index is 827. The Morgan fingerprint density at radius 3 is 2.47 bits per heavy atom. The number of nitrogens with zero attached hydrogens (tertiary/aromatic N) is 4. The maximum Gasteiger partial charge on any atom is 0.223 e. The van der Waals surface area contributed by atoms with Crippen molar-refractivity contribution >= 4 is 28.7 Å². The second kappa shape index (κ2) is 8.17. The highest BCUT2D eigenvalue weighted by Crippen LogP contribution is 2.47. The van der Waals surface area contributed by atoms with Gasteiger partial charge in [0.2, 0.25) is 5.91 Å². The number of aliphatic imine (C=N–C) groups is 1. The molecule has 5 rings (SSSR count). The van der Waals surface area contributed by atoms with E-state index in [0.29, 0.717) is 6.04 Å². The highest BCUT2D eigenvalue weighted by atomic mass is 32.2. The summed E-state index contributed by atoms with van der Waals surface area (Å²) in [5.41, 5.74) is 2.80. The number of rotatable bonds is 1. The third-order valence-electron chi connectivity index (χ3n) is 7.59. The molecule has 1 spiro atoms. The fourth-order valence-electron chi connectivity index (χ4n) is 5.83. The summed E-state index contributed by atoms with van der Waals surface area (Å²) in [6, 6.07) is 9.32. The van der Waals surface area contributed by atoms with Gasteiger partial charge in [0.05, 0.1) is 0 Å². The molecule has 1 aromatic rings. The van der Waals surface area contributed by atoms with E-state index >= 15 is 0 Å². The second-order valence-electron chi connectivity index (χ2n) is 9.28. The van der Waals surface area contributed by atoms with Crippen molar-refractivity contribution in [3.8, 4) is 0 Å². The standard InChI is InChI=1S/C23H33N5OS/c1-17-24-22(30-25-17)27-12-7-19(8-13-27)26-14-9-23(10-15-26)11-16-28(18(2)29)21-6-4-3-5-20(21)23/h3-6,17,19,25H,7-16H2,1-2H3. The lowest BCUT2D eigenvalue weighted by molar-refractivity contribution is -0.116. The fraction of sp³-hybridized carbons (Fsp3) is 0.652. The first-order chi connectivity index (χ1) is 14.6. The molecular weight excluding hydrogens is 394 g/mol. The number of hydrogen-bond acceptors (Lipinski definition) is 6. The number of carbonyl (C=O) groups is 1. The largest absolute Gasteiger partial charge is 0.350 e. The number of hydrogen-bond donors (Lipinski definition) is 1. The van der Waals surface area contributed by atoms with E-state index in [4.69, 9.17) is 4.99 Å². The molecule has 2 saturated heterocycles. The molecule has 0 saturated carbocycles. The summed E-state index contributed by atoms with van der Waals surface area (Å²) in [6.45, 7) is 9.23. The van der Waals surface area contributed by atoms with Gasteiger partial charge in [-0.05, 0) is 75.7 Å². The SMILES string of the molecule is CC(=O)N1CCC2(CCN(C3CCN(C4=NC(C)NS4)CC3)CC2)c2ccccc21. The van der Waals surface area contributed by atoms with Crippen molar-refractivity contribution < 1.29 is 4.79 Å². The minimum Gasteiger partial charge on any atom is -0.350 e. The molecule has 162 valence electrons. The maximum atomic E-state index is 12.1. The first kappa shape index (κ1) is 20.3. The Kier molecular flexibility index (Phi) is 5.54. The predicted molar refractivity (Wildman–Crippen MR) is 124 cm³/mol. The van der Waals surface area contributed by atoms with Crippen LogP contribution in [0.15, 0.2) is 29.3 Å². The van der Waals surface area contributed by atoms with Crippen molar-refractivity contribution in [2.24, 2.45) is 4.99 Å². The summed E-state index contributed by atoms with van der Waals surface area (Å²) in [5.74, 6) is 0.163. The lowest BCUT2D eigenvalue weighted by Crippen LogP contribution is -2.53. The van der Waals surface area contributed by atoms with Gasteiger partial charge in [0.1, 0.15) is 6.17 Å². The van der Waals surface area contributed by atoms with Crippen LogP contribution in [-0.2, 0) is 10.2 Å². The highest BCUT2D eigenvalue weighted by Gasteiger charge is 2.43. The van der Waals surface area contributed by atoms with Crippen molar-refractivity contribution in [1.82, 2.24) is 14.5 Å². The first-order valence-electron chi connectivity index (χ1n) is 11.4. The van der Waals surface area contributed by atoms with Crippen LogP contribution in [0, 0.1) is 0 Å². The smallest absolute Gasteiger partial charge is 0.223 e. The van der Waals surface area contributed by atoms with Gasteiger partial charge in [0.25, 0.3) is 0 Å². The Morgan fingerprint density at radius 2 is 1.80 bits per heavy atom. The van der Waals surface area contributed by atoms with Gasteiger partial charge in [-0.3, -0.25) is 4.79 Å². The third-order valence-corrected chi connectivity index (χ3v) is 8.60. The van der Waals surface area contributed by atoms with Crippen LogP contribution in [0.3, 0.4) is 0 Å². The van der Waals surface area contributed by atoms with E-state index in [-0.39, 0.29) is 17.5 Å². The molecule has 4 aliphatic rings. The van der Waals surface area contributed by atoms with E-state index in [0.717, 1.165) is 31.7 Å². The molecule has 2 fully saturated rings. The van der Waals surface area contributed by atoms with E-state index < -0.39 is 0 Å². The molecule has 0 aromatic heterocycles. The molecule has 0 bridgehead atoms. The van der Waals surface area contributed by atoms with Gasteiger partial charge < -0.3 is 14.7 Å². The lowest BCUT2D eigenvalue weighted by atomic mass is 9.67.